The Bertz CT molecular complexity index is 520. The highest BCUT2D eigenvalue weighted by atomic mass is 127. The number of methoxy groups -OCH3 is 1. The van der Waals surface area contributed by atoms with Crippen LogP contribution in [0.25, 0.3) is 0 Å². The number of nitrogens with zero attached hydrogens (tertiary/aromatic N) is 1. The predicted octanol–water partition coefficient (Wildman–Crippen LogP) is 2.95. The van der Waals surface area contributed by atoms with E-state index in [9.17, 15) is 0 Å². The van der Waals surface area contributed by atoms with Crippen LogP contribution in [0.4, 0.5) is 0 Å². The molecule has 2 rings (SSSR count). The molecule has 1 aliphatic rings. The third-order valence-corrected chi connectivity index (χ3v) is 4.23. The van der Waals surface area contributed by atoms with Crippen molar-refractivity contribution < 1.29 is 14.2 Å². The summed E-state index contributed by atoms with van der Waals surface area (Å²) in [6.07, 6.45) is 2.09. The van der Waals surface area contributed by atoms with Crippen molar-refractivity contribution in [2.45, 2.75) is 32.9 Å². The number of aliphatic imine (C=N–C) groups is 1. The second-order valence-corrected chi connectivity index (χ2v) is 6.53. The molecule has 6 nitrogen and oxygen atoms in total. The highest BCUT2D eigenvalue weighted by Crippen LogP contribution is 2.12. The normalized spacial score (nSPS) is 16.8. The summed E-state index contributed by atoms with van der Waals surface area (Å²) in [5, 5.41) is 6.65. The van der Waals surface area contributed by atoms with Crippen molar-refractivity contribution in [2.75, 3.05) is 46.6 Å². The Labute approximate surface area is 180 Å². The van der Waals surface area contributed by atoms with Crippen LogP contribution in [0.1, 0.15) is 30.9 Å². The highest BCUT2D eigenvalue weighted by Gasteiger charge is 2.15. The summed E-state index contributed by atoms with van der Waals surface area (Å²) in [6.45, 7) is 8.37. The standard InChI is InChI=1S/C20H33N3O3.HI/c1-3-21-20(22-10-4-11-25-15-19-9-12-26-16-19)23-13-17-5-7-18(8-6-17)14-24-2;/h5-8,19H,3-4,9-16H2,1-2H3,(H2,21,22,23);1H. The predicted molar refractivity (Wildman–Crippen MR) is 120 cm³/mol. The van der Waals surface area contributed by atoms with Gasteiger partial charge in [-0.05, 0) is 30.9 Å². The maximum Gasteiger partial charge on any atom is 0.191 e. The zero-order valence-electron chi connectivity index (χ0n) is 16.5. The minimum Gasteiger partial charge on any atom is -0.381 e. The molecule has 7 heteroatoms. The fraction of sp³-hybridized carbons (Fsp3) is 0.650. The number of nitrogens with one attached hydrogen (secondary N) is 2. The molecule has 1 aromatic carbocycles. The quantitative estimate of drug-likeness (QED) is 0.216. The number of hydrogen-bond acceptors (Lipinski definition) is 4. The van der Waals surface area contributed by atoms with E-state index in [1.165, 1.54) is 11.1 Å². The Hall–Kier alpha value is -0.900. The molecule has 27 heavy (non-hydrogen) atoms. The van der Waals surface area contributed by atoms with Crippen LogP contribution in [0.2, 0.25) is 0 Å². The first-order valence-corrected chi connectivity index (χ1v) is 9.56. The third kappa shape index (κ3) is 10.3. The average molecular weight is 491 g/mol. The van der Waals surface area contributed by atoms with Gasteiger partial charge in [-0.25, -0.2) is 4.99 Å². The van der Waals surface area contributed by atoms with E-state index in [2.05, 4.69) is 46.8 Å². The first-order chi connectivity index (χ1) is 12.8. The maximum atomic E-state index is 5.73. The van der Waals surface area contributed by atoms with Gasteiger partial charge in [0, 0.05) is 39.3 Å². The maximum absolute atomic E-state index is 5.73. The van der Waals surface area contributed by atoms with E-state index >= 15 is 0 Å². The molecule has 2 N–H and O–H groups in total. The van der Waals surface area contributed by atoms with E-state index in [-0.39, 0.29) is 24.0 Å². The summed E-state index contributed by atoms with van der Waals surface area (Å²) >= 11 is 0. The van der Waals surface area contributed by atoms with E-state index in [0.717, 1.165) is 58.3 Å². The monoisotopic (exact) mass is 491 g/mol. The lowest BCUT2D eigenvalue weighted by molar-refractivity contribution is 0.0888. The van der Waals surface area contributed by atoms with Crippen LogP contribution in [0.15, 0.2) is 29.3 Å². The number of benzene rings is 1. The van der Waals surface area contributed by atoms with Crippen molar-refractivity contribution in [1.29, 1.82) is 0 Å². The molecule has 1 unspecified atom stereocenters. The van der Waals surface area contributed by atoms with Gasteiger partial charge >= 0.3 is 0 Å². The second kappa shape index (κ2) is 15.1. The van der Waals surface area contributed by atoms with Crippen LogP contribution >= 0.6 is 24.0 Å². The molecule has 0 aromatic heterocycles. The van der Waals surface area contributed by atoms with Crippen LogP contribution in [0.5, 0.6) is 0 Å². The van der Waals surface area contributed by atoms with E-state index in [4.69, 9.17) is 14.2 Å². The molecule has 0 amide bonds. The third-order valence-electron chi connectivity index (χ3n) is 4.23. The van der Waals surface area contributed by atoms with E-state index in [1.807, 2.05) is 0 Å². The molecule has 0 spiro atoms. The van der Waals surface area contributed by atoms with Crippen molar-refractivity contribution in [3.05, 3.63) is 35.4 Å². The lowest BCUT2D eigenvalue weighted by Gasteiger charge is -2.12. The lowest BCUT2D eigenvalue weighted by Crippen LogP contribution is -2.38. The van der Waals surface area contributed by atoms with Crippen LogP contribution in [0, 0.1) is 5.92 Å². The first-order valence-electron chi connectivity index (χ1n) is 9.56. The van der Waals surface area contributed by atoms with Gasteiger partial charge in [0.1, 0.15) is 0 Å². The molecule has 0 bridgehead atoms. The molecule has 1 atom stereocenters. The second-order valence-electron chi connectivity index (χ2n) is 6.53. The average Bonchev–Trinajstić information content (AvgIpc) is 3.17. The van der Waals surface area contributed by atoms with Gasteiger partial charge in [-0.2, -0.15) is 0 Å². The summed E-state index contributed by atoms with van der Waals surface area (Å²) in [5.74, 6) is 1.43. The molecule has 154 valence electrons. The summed E-state index contributed by atoms with van der Waals surface area (Å²) < 4.78 is 16.2. The molecular formula is C20H34IN3O3. The van der Waals surface area contributed by atoms with Crippen molar-refractivity contribution >= 4 is 29.9 Å². The SMILES string of the molecule is CCNC(=NCc1ccc(COC)cc1)NCCCOCC1CCOC1.I. The van der Waals surface area contributed by atoms with Crippen LogP contribution < -0.4 is 10.6 Å². The zero-order valence-corrected chi connectivity index (χ0v) is 18.9. The van der Waals surface area contributed by atoms with Crippen molar-refractivity contribution in [2.24, 2.45) is 10.9 Å². The van der Waals surface area contributed by atoms with Crippen molar-refractivity contribution in [3.8, 4) is 0 Å². The number of guanidine groups is 1. The number of hydrogen-bond donors (Lipinski definition) is 2. The topological polar surface area (TPSA) is 64.1 Å². The Balaban J connectivity index is 0.00000364. The van der Waals surface area contributed by atoms with Gasteiger partial charge in [-0.15, -0.1) is 24.0 Å². The summed E-state index contributed by atoms with van der Waals surface area (Å²) in [4.78, 5) is 4.65. The molecule has 1 aromatic rings. The molecule has 0 saturated carbocycles. The van der Waals surface area contributed by atoms with Gasteiger partial charge in [0.2, 0.25) is 0 Å². The summed E-state index contributed by atoms with van der Waals surface area (Å²) in [6, 6.07) is 8.37. The van der Waals surface area contributed by atoms with Gasteiger partial charge in [-0.3, -0.25) is 0 Å². The van der Waals surface area contributed by atoms with Crippen LogP contribution in [0.3, 0.4) is 0 Å². The Morgan fingerprint density at radius 1 is 1.22 bits per heavy atom. The summed E-state index contributed by atoms with van der Waals surface area (Å²) in [7, 11) is 1.71. The van der Waals surface area contributed by atoms with Gasteiger partial charge in [-0.1, -0.05) is 24.3 Å². The molecule has 1 fully saturated rings. The lowest BCUT2D eigenvalue weighted by atomic mass is 10.1. The molecule has 1 aliphatic heterocycles. The Kier molecular flexibility index (Phi) is 13.5. The largest absolute Gasteiger partial charge is 0.381 e. The van der Waals surface area contributed by atoms with Crippen molar-refractivity contribution in [3.63, 3.8) is 0 Å². The summed E-state index contributed by atoms with van der Waals surface area (Å²) in [5.41, 5.74) is 2.36. The van der Waals surface area contributed by atoms with E-state index < -0.39 is 0 Å². The molecule has 0 aliphatic carbocycles. The fourth-order valence-corrected chi connectivity index (χ4v) is 2.77. The molecule has 1 saturated heterocycles. The van der Waals surface area contributed by atoms with Crippen molar-refractivity contribution in [1.82, 2.24) is 10.6 Å². The van der Waals surface area contributed by atoms with E-state index in [1.54, 1.807) is 7.11 Å². The minimum absolute atomic E-state index is 0. The molecular weight excluding hydrogens is 457 g/mol. The Morgan fingerprint density at radius 2 is 2.00 bits per heavy atom. The zero-order chi connectivity index (χ0) is 18.5. The first kappa shape index (κ1) is 24.1. The number of halogens is 1. The molecule has 0 radical (unpaired) electrons. The number of ether oxygens (including phenoxy) is 3. The van der Waals surface area contributed by atoms with Gasteiger partial charge < -0.3 is 24.8 Å². The minimum atomic E-state index is 0. The highest BCUT2D eigenvalue weighted by molar-refractivity contribution is 14.0. The molecule has 1 heterocycles. The number of rotatable bonds is 11. The Morgan fingerprint density at radius 3 is 2.67 bits per heavy atom. The van der Waals surface area contributed by atoms with Gasteiger partial charge in [0.05, 0.1) is 26.4 Å². The van der Waals surface area contributed by atoms with Crippen LogP contribution in [-0.2, 0) is 27.4 Å². The fourth-order valence-electron chi connectivity index (χ4n) is 2.77. The van der Waals surface area contributed by atoms with Crippen LogP contribution in [-0.4, -0.2) is 52.6 Å². The van der Waals surface area contributed by atoms with Gasteiger partial charge in [0.25, 0.3) is 0 Å². The smallest absolute Gasteiger partial charge is 0.191 e. The van der Waals surface area contributed by atoms with Gasteiger partial charge in [0.15, 0.2) is 5.96 Å². The van der Waals surface area contributed by atoms with E-state index in [0.29, 0.717) is 19.1 Å².